The first-order valence-electron chi connectivity index (χ1n) is 10.4. The third kappa shape index (κ3) is 3.42. The van der Waals surface area contributed by atoms with Crippen LogP contribution in [0.1, 0.15) is 35.7 Å². The summed E-state index contributed by atoms with van der Waals surface area (Å²) >= 11 is 0. The molecule has 0 amide bonds. The number of nitrogen functional groups attached to an aromatic ring is 1. The Kier molecular flexibility index (Phi) is 4.88. The van der Waals surface area contributed by atoms with Crippen molar-refractivity contribution in [1.82, 2.24) is 19.7 Å². The summed E-state index contributed by atoms with van der Waals surface area (Å²) in [4.78, 5) is 18.0. The SMILES string of the molecule is Nc1ncc(-c2ccc3c(cnn3C3CCN(C4CCOCC4)C3)c2)cc1C(=O)O. The molecule has 2 fully saturated rings. The summed E-state index contributed by atoms with van der Waals surface area (Å²) in [5.74, 6) is -1.05. The van der Waals surface area contributed by atoms with E-state index in [1.54, 1.807) is 12.3 Å². The first-order valence-corrected chi connectivity index (χ1v) is 10.4. The third-order valence-electron chi connectivity index (χ3n) is 6.33. The van der Waals surface area contributed by atoms with Crippen LogP contribution in [0, 0.1) is 0 Å². The molecule has 5 rings (SSSR count). The van der Waals surface area contributed by atoms with Crippen LogP contribution in [0.15, 0.2) is 36.7 Å². The molecule has 0 radical (unpaired) electrons. The van der Waals surface area contributed by atoms with Crippen LogP contribution in [-0.2, 0) is 4.74 Å². The second kappa shape index (κ2) is 7.70. The molecular formula is C22H25N5O3. The van der Waals surface area contributed by atoms with Gasteiger partial charge in [0.2, 0.25) is 0 Å². The van der Waals surface area contributed by atoms with Gasteiger partial charge in [-0.25, -0.2) is 9.78 Å². The summed E-state index contributed by atoms with van der Waals surface area (Å²) in [6, 6.07) is 8.64. The number of rotatable bonds is 4. The Morgan fingerprint density at radius 3 is 2.73 bits per heavy atom. The van der Waals surface area contributed by atoms with Crippen LogP contribution in [0.4, 0.5) is 5.82 Å². The quantitative estimate of drug-likeness (QED) is 0.685. The summed E-state index contributed by atoms with van der Waals surface area (Å²) in [7, 11) is 0. The highest BCUT2D eigenvalue weighted by molar-refractivity contribution is 5.94. The minimum absolute atomic E-state index is 0.0162. The maximum Gasteiger partial charge on any atom is 0.339 e. The van der Waals surface area contributed by atoms with Crippen LogP contribution in [0.5, 0.6) is 0 Å². The fraction of sp³-hybridized carbons (Fsp3) is 0.409. The molecule has 8 nitrogen and oxygen atoms in total. The number of nitrogens with zero attached hydrogens (tertiary/aromatic N) is 4. The number of aromatic nitrogens is 3. The van der Waals surface area contributed by atoms with E-state index in [0.717, 1.165) is 67.6 Å². The van der Waals surface area contributed by atoms with Gasteiger partial charge in [-0.15, -0.1) is 0 Å². The number of carboxylic acid groups (broad SMARTS) is 1. The molecule has 1 aromatic carbocycles. The van der Waals surface area contributed by atoms with Gasteiger partial charge in [-0.05, 0) is 43.0 Å². The van der Waals surface area contributed by atoms with Crippen LogP contribution in [0.3, 0.4) is 0 Å². The summed E-state index contributed by atoms with van der Waals surface area (Å²) in [5, 5.41) is 15.0. The fourth-order valence-corrected chi connectivity index (χ4v) is 4.68. The predicted molar refractivity (Wildman–Crippen MR) is 113 cm³/mol. The summed E-state index contributed by atoms with van der Waals surface area (Å²) in [6.45, 7) is 3.85. The third-order valence-corrected chi connectivity index (χ3v) is 6.33. The summed E-state index contributed by atoms with van der Waals surface area (Å²) < 4.78 is 7.64. The number of anilines is 1. The molecule has 3 aromatic rings. The average molecular weight is 407 g/mol. The zero-order chi connectivity index (χ0) is 20.7. The van der Waals surface area contributed by atoms with Crippen LogP contribution in [-0.4, -0.2) is 63.1 Å². The zero-order valence-electron chi connectivity index (χ0n) is 16.7. The Labute approximate surface area is 174 Å². The van der Waals surface area contributed by atoms with Gasteiger partial charge in [-0.3, -0.25) is 9.58 Å². The molecular weight excluding hydrogens is 382 g/mol. The highest BCUT2D eigenvalue weighted by atomic mass is 16.5. The molecule has 2 aliphatic rings. The Bertz CT molecular complexity index is 1090. The van der Waals surface area contributed by atoms with Crippen molar-refractivity contribution in [1.29, 1.82) is 0 Å². The van der Waals surface area contributed by atoms with Gasteiger partial charge in [0.05, 0.1) is 17.8 Å². The van der Waals surface area contributed by atoms with Gasteiger partial charge in [-0.2, -0.15) is 5.10 Å². The number of ether oxygens (including phenoxy) is 1. The van der Waals surface area contributed by atoms with E-state index in [-0.39, 0.29) is 11.4 Å². The Hall–Kier alpha value is -2.97. The fourth-order valence-electron chi connectivity index (χ4n) is 4.68. The molecule has 156 valence electrons. The van der Waals surface area contributed by atoms with E-state index in [1.165, 1.54) is 0 Å². The van der Waals surface area contributed by atoms with E-state index in [4.69, 9.17) is 10.5 Å². The number of carbonyl (C=O) groups is 1. The second-order valence-electron chi connectivity index (χ2n) is 8.11. The molecule has 4 heterocycles. The van der Waals surface area contributed by atoms with E-state index in [0.29, 0.717) is 12.1 Å². The minimum Gasteiger partial charge on any atom is -0.478 e. The van der Waals surface area contributed by atoms with Gasteiger partial charge < -0.3 is 15.6 Å². The number of carboxylic acids is 1. The average Bonchev–Trinajstić information content (AvgIpc) is 3.41. The van der Waals surface area contributed by atoms with Crippen molar-refractivity contribution >= 4 is 22.7 Å². The number of benzene rings is 1. The molecule has 1 atom stereocenters. The summed E-state index contributed by atoms with van der Waals surface area (Å²) in [5.41, 5.74) is 8.41. The van der Waals surface area contributed by atoms with Crippen LogP contribution in [0.2, 0.25) is 0 Å². The highest BCUT2D eigenvalue weighted by Crippen LogP contribution is 2.31. The lowest BCUT2D eigenvalue weighted by atomic mass is 10.0. The highest BCUT2D eigenvalue weighted by Gasteiger charge is 2.31. The van der Waals surface area contributed by atoms with Gasteiger partial charge in [0.15, 0.2) is 0 Å². The molecule has 2 saturated heterocycles. The number of fused-ring (bicyclic) bond motifs is 1. The number of likely N-dealkylation sites (tertiary alicyclic amines) is 1. The number of hydrogen-bond acceptors (Lipinski definition) is 6. The standard InChI is InChI=1S/C22H25N5O3/c23-21-19(22(28)29)10-15(11-24-21)14-1-2-20-16(9-14)12-25-27(20)18-3-6-26(13-18)17-4-7-30-8-5-17/h1-2,9-12,17-18H,3-8,13H2,(H2,23,24)(H,28,29). The second-order valence-corrected chi connectivity index (χ2v) is 8.11. The lowest BCUT2D eigenvalue weighted by molar-refractivity contribution is 0.0412. The molecule has 0 aliphatic carbocycles. The smallest absolute Gasteiger partial charge is 0.339 e. The van der Waals surface area contributed by atoms with Gasteiger partial charge in [0.25, 0.3) is 0 Å². The summed E-state index contributed by atoms with van der Waals surface area (Å²) in [6.07, 6.45) is 6.82. The molecule has 3 N–H and O–H groups in total. The topological polar surface area (TPSA) is 107 Å². The van der Waals surface area contributed by atoms with Crippen molar-refractivity contribution < 1.29 is 14.6 Å². The molecule has 2 aliphatic heterocycles. The maximum atomic E-state index is 11.4. The lowest BCUT2D eigenvalue weighted by Gasteiger charge is -2.31. The van der Waals surface area contributed by atoms with Gasteiger partial charge in [0.1, 0.15) is 11.4 Å². The first-order chi connectivity index (χ1) is 14.6. The van der Waals surface area contributed by atoms with Crippen LogP contribution < -0.4 is 5.73 Å². The number of pyridine rings is 1. The van der Waals surface area contributed by atoms with Gasteiger partial charge in [0, 0.05) is 49.5 Å². The number of nitrogens with two attached hydrogens (primary N) is 1. The van der Waals surface area contributed by atoms with E-state index in [9.17, 15) is 9.90 Å². The van der Waals surface area contributed by atoms with Crippen molar-refractivity contribution in [2.24, 2.45) is 0 Å². The first kappa shape index (κ1) is 19.0. The largest absolute Gasteiger partial charge is 0.478 e. The molecule has 0 bridgehead atoms. The Morgan fingerprint density at radius 1 is 1.10 bits per heavy atom. The van der Waals surface area contributed by atoms with Crippen molar-refractivity contribution in [3.63, 3.8) is 0 Å². The maximum absolute atomic E-state index is 11.4. The normalized spacial score (nSPS) is 20.7. The minimum atomic E-state index is -1.08. The van der Waals surface area contributed by atoms with Gasteiger partial charge in [-0.1, -0.05) is 6.07 Å². The Balaban J connectivity index is 1.39. The molecule has 30 heavy (non-hydrogen) atoms. The molecule has 0 spiro atoms. The molecule has 1 unspecified atom stereocenters. The number of hydrogen-bond donors (Lipinski definition) is 2. The van der Waals surface area contributed by atoms with Crippen LogP contribution in [0.25, 0.3) is 22.0 Å². The monoisotopic (exact) mass is 407 g/mol. The van der Waals surface area contributed by atoms with Crippen molar-refractivity contribution in [2.45, 2.75) is 31.3 Å². The van der Waals surface area contributed by atoms with E-state index < -0.39 is 5.97 Å². The van der Waals surface area contributed by atoms with Crippen LogP contribution >= 0.6 is 0 Å². The van der Waals surface area contributed by atoms with Gasteiger partial charge >= 0.3 is 5.97 Å². The molecule has 8 heteroatoms. The van der Waals surface area contributed by atoms with Crippen molar-refractivity contribution in [3.8, 4) is 11.1 Å². The Morgan fingerprint density at radius 2 is 1.93 bits per heavy atom. The van der Waals surface area contributed by atoms with Crippen molar-refractivity contribution in [2.75, 3.05) is 32.0 Å². The van der Waals surface area contributed by atoms with E-state index in [2.05, 4.69) is 25.7 Å². The number of aromatic carboxylic acids is 1. The van der Waals surface area contributed by atoms with E-state index >= 15 is 0 Å². The predicted octanol–water partition coefficient (Wildman–Crippen LogP) is 2.80. The molecule has 0 saturated carbocycles. The van der Waals surface area contributed by atoms with E-state index in [1.807, 2.05) is 18.3 Å². The lowest BCUT2D eigenvalue weighted by Crippen LogP contribution is -2.38. The zero-order valence-corrected chi connectivity index (χ0v) is 16.7. The molecule has 2 aromatic heterocycles. The van der Waals surface area contributed by atoms with Crippen molar-refractivity contribution in [3.05, 3.63) is 42.2 Å².